The molecule has 4 aliphatic heterocycles. The number of likely N-dealkylation sites (tertiary alicyclic amines) is 1. The fourth-order valence-electron chi connectivity index (χ4n) is 7.24. The van der Waals surface area contributed by atoms with Crippen LogP contribution in [0.15, 0.2) is 54.6 Å². The van der Waals surface area contributed by atoms with Gasteiger partial charge in [0.1, 0.15) is 23.7 Å². The Labute approximate surface area is 264 Å². The van der Waals surface area contributed by atoms with Gasteiger partial charge in [0.05, 0.1) is 37.3 Å². The van der Waals surface area contributed by atoms with Crippen LogP contribution in [0.5, 0.6) is 0 Å². The highest BCUT2D eigenvalue weighted by Crippen LogP contribution is 2.54. The first-order chi connectivity index (χ1) is 21.5. The zero-order chi connectivity index (χ0) is 32.5. The van der Waals surface area contributed by atoms with Gasteiger partial charge in [-0.15, -0.1) is 0 Å². The average Bonchev–Trinajstić information content (AvgIpc) is 3.38. The number of methoxy groups -OCH3 is 1. The van der Waals surface area contributed by atoms with Gasteiger partial charge in [-0.05, 0) is 39.2 Å². The minimum absolute atomic E-state index is 0.0791. The molecule has 4 heterocycles. The number of nitrogens with zero attached hydrogens (tertiary/aromatic N) is 2. The number of amides is 3. The molecule has 0 saturated carbocycles. The summed E-state index contributed by atoms with van der Waals surface area (Å²) >= 11 is 0. The zero-order valence-corrected chi connectivity index (χ0v) is 26.7. The van der Waals surface area contributed by atoms with Gasteiger partial charge in [-0.25, -0.2) is 0 Å². The monoisotopic (exact) mass is 623 g/mol. The van der Waals surface area contributed by atoms with Crippen LogP contribution in [0.1, 0.15) is 58.6 Å². The quantitative estimate of drug-likeness (QED) is 0.364. The molecule has 0 aliphatic carbocycles. The summed E-state index contributed by atoms with van der Waals surface area (Å²) in [5.41, 5.74) is -1.39. The molecule has 11 heteroatoms. The molecule has 11 nitrogen and oxygen atoms in total. The van der Waals surface area contributed by atoms with Crippen LogP contribution in [-0.4, -0.2) is 101 Å². The normalized spacial score (nSPS) is 33.6. The molecule has 1 spiro atoms. The molecule has 0 bridgehead atoms. The molecule has 0 unspecified atom stereocenters. The number of carbonyl (C=O) groups is 4. The highest BCUT2D eigenvalue weighted by atomic mass is 16.6. The van der Waals surface area contributed by atoms with E-state index in [0.29, 0.717) is 24.9 Å². The maximum Gasteiger partial charge on any atom is 0.313 e. The third-order valence-corrected chi connectivity index (χ3v) is 9.38. The van der Waals surface area contributed by atoms with Gasteiger partial charge in [-0.1, -0.05) is 61.6 Å². The Bertz CT molecular complexity index is 1340. The van der Waals surface area contributed by atoms with Crippen molar-refractivity contribution in [2.24, 2.45) is 11.8 Å². The van der Waals surface area contributed by atoms with E-state index in [9.17, 15) is 24.3 Å². The molecule has 4 aliphatic rings. The number of cyclic esters (lactones) is 1. The van der Waals surface area contributed by atoms with E-state index in [-0.39, 0.29) is 31.4 Å². The van der Waals surface area contributed by atoms with E-state index in [2.05, 4.69) is 5.32 Å². The Morgan fingerprint density at radius 2 is 1.84 bits per heavy atom. The van der Waals surface area contributed by atoms with Crippen LogP contribution in [0.4, 0.5) is 0 Å². The molecule has 1 aromatic carbocycles. The second-order valence-electron chi connectivity index (χ2n) is 13.2. The first-order valence-electron chi connectivity index (χ1n) is 15.8. The van der Waals surface area contributed by atoms with Gasteiger partial charge in [0.2, 0.25) is 17.7 Å². The maximum atomic E-state index is 14.6. The van der Waals surface area contributed by atoms with E-state index in [0.717, 1.165) is 0 Å². The van der Waals surface area contributed by atoms with Gasteiger partial charge in [0, 0.05) is 25.6 Å². The van der Waals surface area contributed by atoms with Gasteiger partial charge in [-0.3, -0.25) is 19.2 Å². The SMILES string of the molecule is CC[C@@H](CO)N1C(=O)[C@H]2[C@@H]3C(=O)O[C@@H](c4ccccc4)[C@H](COC)NC(=O)CC/C=C\[C@@H]3O[C@]23C=CCN(C(C)(C)C)C(=O)[C@H]13. The molecule has 0 radical (unpaired) electrons. The van der Waals surface area contributed by atoms with Crippen molar-refractivity contribution in [3.8, 4) is 0 Å². The minimum Gasteiger partial charge on any atom is -0.455 e. The number of ether oxygens (including phenoxy) is 3. The number of nitrogens with one attached hydrogen (secondary N) is 1. The van der Waals surface area contributed by atoms with Crippen molar-refractivity contribution < 1.29 is 38.5 Å². The van der Waals surface area contributed by atoms with Crippen molar-refractivity contribution in [3.05, 3.63) is 60.2 Å². The van der Waals surface area contributed by atoms with Gasteiger partial charge in [0.15, 0.2) is 0 Å². The van der Waals surface area contributed by atoms with Crippen LogP contribution in [-0.2, 0) is 33.4 Å². The van der Waals surface area contributed by atoms with E-state index in [4.69, 9.17) is 14.2 Å². The summed E-state index contributed by atoms with van der Waals surface area (Å²) in [6.45, 7) is 7.66. The lowest BCUT2D eigenvalue weighted by molar-refractivity contribution is -0.163. The van der Waals surface area contributed by atoms with Gasteiger partial charge < -0.3 is 34.4 Å². The first kappa shape index (κ1) is 32.8. The Kier molecular flexibility index (Phi) is 9.53. The van der Waals surface area contributed by atoms with E-state index >= 15 is 0 Å². The molecule has 45 heavy (non-hydrogen) atoms. The van der Waals surface area contributed by atoms with E-state index in [1.165, 1.54) is 12.0 Å². The molecule has 244 valence electrons. The van der Waals surface area contributed by atoms with Crippen molar-refractivity contribution in [2.75, 3.05) is 26.9 Å². The third kappa shape index (κ3) is 5.93. The van der Waals surface area contributed by atoms with Crippen LogP contribution >= 0.6 is 0 Å². The fourth-order valence-corrected chi connectivity index (χ4v) is 7.24. The molecular weight excluding hydrogens is 578 g/mol. The Balaban J connectivity index is 1.64. The fraction of sp³-hybridized carbons (Fsp3) is 0.588. The summed E-state index contributed by atoms with van der Waals surface area (Å²) in [4.78, 5) is 59.6. The zero-order valence-electron chi connectivity index (χ0n) is 26.7. The average molecular weight is 624 g/mol. The van der Waals surface area contributed by atoms with Gasteiger partial charge in [0.25, 0.3) is 0 Å². The number of rotatable bonds is 6. The van der Waals surface area contributed by atoms with Crippen LogP contribution in [0, 0.1) is 11.8 Å². The summed E-state index contributed by atoms with van der Waals surface area (Å²) in [6, 6.07) is 6.64. The number of hydrogen-bond donors (Lipinski definition) is 2. The molecular formula is C34H45N3O8. The summed E-state index contributed by atoms with van der Waals surface area (Å²) in [5, 5.41) is 13.3. The molecule has 2 saturated heterocycles. The molecule has 1 aromatic rings. The van der Waals surface area contributed by atoms with Crippen LogP contribution < -0.4 is 5.32 Å². The highest BCUT2D eigenvalue weighted by molar-refractivity contribution is 5.99. The number of fused-ring (bicyclic) bond motifs is 2. The maximum absolute atomic E-state index is 14.6. The standard InChI is InChI=1S/C34H45N3O8/c1-6-22(19-38)37-29-31(41)36(33(2,3)4)18-12-17-34(29)27(30(37)40)26-24(45-34)15-10-11-16-25(39)35-23(20-43-5)28(44-32(26)42)21-13-8-7-9-14-21/h7-10,12-15,17,22-24,26-29,38H,6,11,16,18-20H2,1-5H3,(H,35,39)/b15-10-/t22-,23-,24-,26+,27+,28-,29-,34+/m0/s1. The molecule has 0 aromatic heterocycles. The molecule has 3 amide bonds. The number of esters is 1. The smallest absolute Gasteiger partial charge is 0.313 e. The summed E-state index contributed by atoms with van der Waals surface area (Å²) < 4.78 is 18.5. The Hall–Kier alpha value is -3.54. The van der Waals surface area contributed by atoms with E-state index in [1.54, 1.807) is 23.1 Å². The lowest BCUT2D eigenvalue weighted by Gasteiger charge is -2.42. The lowest BCUT2D eigenvalue weighted by Crippen LogP contribution is -2.60. The van der Waals surface area contributed by atoms with Gasteiger partial charge in [-0.2, -0.15) is 0 Å². The van der Waals surface area contributed by atoms with Crippen LogP contribution in [0.2, 0.25) is 0 Å². The summed E-state index contributed by atoms with van der Waals surface area (Å²) in [6.07, 6.45) is 6.22. The Morgan fingerprint density at radius 1 is 1.11 bits per heavy atom. The number of allylic oxidation sites excluding steroid dienone is 1. The van der Waals surface area contributed by atoms with Crippen molar-refractivity contribution in [1.82, 2.24) is 15.1 Å². The minimum atomic E-state index is -1.47. The lowest BCUT2D eigenvalue weighted by atomic mass is 9.77. The van der Waals surface area contributed by atoms with E-state index in [1.807, 2.05) is 64.1 Å². The number of aliphatic hydroxyl groups excluding tert-OH is 1. The Morgan fingerprint density at radius 3 is 2.49 bits per heavy atom. The van der Waals surface area contributed by atoms with Gasteiger partial charge >= 0.3 is 5.97 Å². The number of carbonyl (C=O) groups excluding carboxylic acids is 4. The van der Waals surface area contributed by atoms with Crippen molar-refractivity contribution in [2.45, 2.75) is 88.4 Å². The molecule has 5 rings (SSSR count). The predicted molar refractivity (Wildman–Crippen MR) is 164 cm³/mol. The van der Waals surface area contributed by atoms with Crippen molar-refractivity contribution in [3.63, 3.8) is 0 Å². The van der Waals surface area contributed by atoms with Crippen molar-refractivity contribution >= 4 is 23.7 Å². The highest BCUT2D eigenvalue weighted by Gasteiger charge is 2.72. The third-order valence-electron chi connectivity index (χ3n) is 9.38. The van der Waals surface area contributed by atoms with Crippen LogP contribution in [0.25, 0.3) is 0 Å². The largest absolute Gasteiger partial charge is 0.455 e. The molecule has 2 fully saturated rings. The number of benzene rings is 1. The van der Waals surface area contributed by atoms with E-state index < -0.39 is 65.2 Å². The predicted octanol–water partition coefficient (Wildman–Crippen LogP) is 2.30. The second-order valence-corrected chi connectivity index (χ2v) is 13.2. The second kappa shape index (κ2) is 13.1. The summed E-state index contributed by atoms with van der Waals surface area (Å²) in [7, 11) is 1.51. The number of hydrogen-bond acceptors (Lipinski definition) is 8. The molecule has 2 N–H and O–H groups in total. The molecule has 8 atom stereocenters. The number of aliphatic hydroxyl groups is 1. The topological polar surface area (TPSA) is 135 Å². The van der Waals surface area contributed by atoms with Crippen molar-refractivity contribution in [1.29, 1.82) is 0 Å². The summed E-state index contributed by atoms with van der Waals surface area (Å²) in [5.74, 6) is -3.82. The van der Waals surface area contributed by atoms with Crippen LogP contribution in [0.3, 0.4) is 0 Å². The first-order valence-corrected chi connectivity index (χ1v) is 15.8.